The monoisotopic (exact) mass is 361 g/mol. The normalized spacial score (nSPS) is 24.5. The summed E-state index contributed by atoms with van der Waals surface area (Å²) in [5.41, 5.74) is 0.584. The van der Waals surface area contributed by atoms with Crippen molar-refractivity contribution in [2.45, 2.75) is 32.1 Å². The maximum atomic E-state index is 14.2. The molecule has 0 spiro atoms. The summed E-state index contributed by atoms with van der Waals surface area (Å²) in [7, 11) is 1.43. The Labute approximate surface area is 154 Å². The molecule has 2 unspecified atom stereocenters. The van der Waals surface area contributed by atoms with Crippen molar-refractivity contribution in [2.24, 2.45) is 16.8 Å². The van der Waals surface area contributed by atoms with Crippen LogP contribution in [-0.4, -0.2) is 50.1 Å². The summed E-state index contributed by atoms with van der Waals surface area (Å²) in [6, 6.07) is 7.00. The fraction of sp³-hybridized carbons (Fsp3) is 0.600. The Bertz CT molecular complexity index is 687. The van der Waals surface area contributed by atoms with Gasteiger partial charge in [-0.3, -0.25) is 9.79 Å². The third-order valence-electron chi connectivity index (χ3n) is 5.58. The molecule has 142 valence electrons. The number of aliphatic imine (C=N–C) groups is 1. The van der Waals surface area contributed by atoms with E-state index in [9.17, 15) is 9.18 Å². The lowest BCUT2D eigenvalue weighted by atomic mass is 9.95. The van der Waals surface area contributed by atoms with E-state index in [1.807, 2.05) is 19.1 Å². The van der Waals surface area contributed by atoms with Gasteiger partial charge in [0.2, 0.25) is 0 Å². The predicted molar refractivity (Wildman–Crippen MR) is 99.5 cm³/mol. The van der Waals surface area contributed by atoms with Gasteiger partial charge in [-0.2, -0.15) is 0 Å². The molecule has 0 bridgehead atoms. The van der Waals surface area contributed by atoms with Crippen molar-refractivity contribution in [3.05, 3.63) is 35.6 Å². The summed E-state index contributed by atoms with van der Waals surface area (Å²) in [6.45, 7) is 6.76. The minimum atomic E-state index is -0.181. The first kappa shape index (κ1) is 18.7. The van der Waals surface area contributed by atoms with Gasteiger partial charge in [0, 0.05) is 25.0 Å². The number of esters is 1. The van der Waals surface area contributed by atoms with E-state index in [0.717, 1.165) is 37.5 Å². The quantitative estimate of drug-likeness (QED) is 0.498. The molecule has 1 aromatic rings. The first-order valence-corrected chi connectivity index (χ1v) is 9.37. The van der Waals surface area contributed by atoms with E-state index in [-0.39, 0.29) is 29.0 Å². The van der Waals surface area contributed by atoms with E-state index in [4.69, 9.17) is 9.73 Å². The number of nitrogens with zero attached hydrogens (tertiary/aromatic N) is 2. The summed E-state index contributed by atoms with van der Waals surface area (Å²) < 4.78 is 19.1. The molecule has 0 amide bonds. The zero-order valence-corrected chi connectivity index (χ0v) is 15.8. The minimum absolute atomic E-state index is 0.134. The van der Waals surface area contributed by atoms with E-state index < -0.39 is 0 Å². The third-order valence-corrected chi connectivity index (χ3v) is 5.58. The average Bonchev–Trinajstić information content (AvgIpc) is 3.33. The summed E-state index contributed by atoms with van der Waals surface area (Å²) in [5.74, 6) is 0.568. The highest BCUT2D eigenvalue weighted by atomic mass is 19.1. The molecular formula is C20H28FN3O2. The Morgan fingerprint density at radius 1 is 1.38 bits per heavy atom. The first-order chi connectivity index (χ1) is 12.5. The van der Waals surface area contributed by atoms with Gasteiger partial charge >= 0.3 is 5.97 Å². The Morgan fingerprint density at radius 3 is 2.73 bits per heavy atom. The van der Waals surface area contributed by atoms with E-state index in [1.165, 1.54) is 13.2 Å². The molecule has 1 N–H and O–H groups in total. The smallest absolute Gasteiger partial charge is 0.310 e. The van der Waals surface area contributed by atoms with Crippen LogP contribution in [0, 0.1) is 17.7 Å². The molecule has 2 atom stereocenters. The zero-order chi connectivity index (χ0) is 18.7. The standard InChI is InChI=1S/C20H28FN3O2/c1-4-22-19(24-11-14(2)15(12-24)18(25)26-3)23-13-20(9-10-20)16-7-5-6-8-17(16)21/h5-8,14-15H,4,9-13H2,1-3H3,(H,22,23). The number of carbonyl (C=O) groups excluding carboxylic acids is 1. The van der Waals surface area contributed by atoms with Crippen LogP contribution in [0.1, 0.15) is 32.3 Å². The number of carbonyl (C=O) groups is 1. The number of guanidine groups is 1. The first-order valence-electron chi connectivity index (χ1n) is 9.37. The fourth-order valence-electron chi connectivity index (χ4n) is 3.80. The van der Waals surface area contributed by atoms with Crippen molar-refractivity contribution >= 4 is 11.9 Å². The zero-order valence-electron chi connectivity index (χ0n) is 15.8. The van der Waals surface area contributed by atoms with Crippen molar-refractivity contribution < 1.29 is 13.9 Å². The maximum Gasteiger partial charge on any atom is 0.310 e. The highest BCUT2D eigenvalue weighted by Crippen LogP contribution is 2.49. The van der Waals surface area contributed by atoms with Crippen LogP contribution in [-0.2, 0) is 14.9 Å². The summed E-state index contributed by atoms with van der Waals surface area (Å²) in [6.07, 6.45) is 1.91. The van der Waals surface area contributed by atoms with Crippen LogP contribution in [0.2, 0.25) is 0 Å². The lowest BCUT2D eigenvalue weighted by Gasteiger charge is -2.23. The molecule has 0 aromatic heterocycles. The van der Waals surface area contributed by atoms with Crippen LogP contribution < -0.4 is 5.32 Å². The molecule has 0 radical (unpaired) electrons. The summed E-state index contributed by atoms with van der Waals surface area (Å²) in [5, 5.41) is 3.32. The highest BCUT2D eigenvalue weighted by Gasteiger charge is 2.46. The fourth-order valence-corrected chi connectivity index (χ4v) is 3.80. The van der Waals surface area contributed by atoms with Crippen LogP contribution in [0.3, 0.4) is 0 Å². The van der Waals surface area contributed by atoms with Crippen molar-refractivity contribution in [1.29, 1.82) is 0 Å². The lowest BCUT2D eigenvalue weighted by Crippen LogP contribution is -2.41. The molecule has 6 heteroatoms. The molecule has 1 aliphatic heterocycles. The second-order valence-electron chi connectivity index (χ2n) is 7.44. The van der Waals surface area contributed by atoms with Crippen LogP contribution in [0.25, 0.3) is 0 Å². The van der Waals surface area contributed by atoms with Crippen LogP contribution in [0.5, 0.6) is 0 Å². The maximum absolute atomic E-state index is 14.2. The number of ether oxygens (including phenoxy) is 1. The van der Waals surface area contributed by atoms with Crippen molar-refractivity contribution in [2.75, 3.05) is 33.3 Å². The largest absolute Gasteiger partial charge is 0.469 e. The SMILES string of the molecule is CCNC(=NCC1(c2ccccc2F)CC1)N1CC(C)C(C(=O)OC)C1. The molecular weight excluding hydrogens is 333 g/mol. The van der Waals surface area contributed by atoms with Crippen molar-refractivity contribution in [1.82, 2.24) is 10.2 Å². The van der Waals surface area contributed by atoms with E-state index >= 15 is 0 Å². The summed E-state index contributed by atoms with van der Waals surface area (Å²) >= 11 is 0. The van der Waals surface area contributed by atoms with Crippen molar-refractivity contribution in [3.63, 3.8) is 0 Å². The Hall–Kier alpha value is -2.11. The second-order valence-corrected chi connectivity index (χ2v) is 7.44. The van der Waals surface area contributed by atoms with Gasteiger partial charge in [0.25, 0.3) is 0 Å². The van der Waals surface area contributed by atoms with E-state index in [2.05, 4.69) is 17.1 Å². The van der Waals surface area contributed by atoms with Gasteiger partial charge in [0.05, 0.1) is 19.6 Å². The van der Waals surface area contributed by atoms with E-state index in [0.29, 0.717) is 13.1 Å². The molecule has 2 fully saturated rings. The van der Waals surface area contributed by atoms with Gasteiger partial charge in [-0.15, -0.1) is 0 Å². The lowest BCUT2D eigenvalue weighted by molar-refractivity contribution is -0.145. The van der Waals surface area contributed by atoms with Gasteiger partial charge in [0.15, 0.2) is 5.96 Å². The molecule has 1 heterocycles. The van der Waals surface area contributed by atoms with Crippen LogP contribution in [0.15, 0.2) is 29.3 Å². The van der Waals surface area contributed by atoms with Gasteiger partial charge < -0.3 is 15.0 Å². The number of likely N-dealkylation sites (tertiary alicyclic amines) is 1. The highest BCUT2D eigenvalue weighted by molar-refractivity contribution is 5.82. The second kappa shape index (κ2) is 7.64. The Morgan fingerprint density at radius 2 is 2.12 bits per heavy atom. The van der Waals surface area contributed by atoms with Crippen LogP contribution in [0.4, 0.5) is 4.39 Å². The van der Waals surface area contributed by atoms with Gasteiger partial charge in [-0.1, -0.05) is 25.1 Å². The number of methoxy groups -OCH3 is 1. The number of benzene rings is 1. The minimum Gasteiger partial charge on any atom is -0.469 e. The van der Waals surface area contributed by atoms with E-state index in [1.54, 1.807) is 6.07 Å². The number of halogens is 1. The molecule has 5 nitrogen and oxygen atoms in total. The molecule has 2 aliphatic rings. The molecule has 1 aromatic carbocycles. The number of rotatable bonds is 5. The number of hydrogen-bond acceptors (Lipinski definition) is 3. The summed E-state index contributed by atoms with van der Waals surface area (Å²) in [4.78, 5) is 18.9. The van der Waals surface area contributed by atoms with Gasteiger partial charge in [-0.05, 0) is 37.3 Å². The topological polar surface area (TPSA) is 53.9 Å². The molecule has 1 saturated heterocycles. The van der Waals surface area contributed by atoms with Gasteiger partial charge in [0.1, 0.15) is 5.82 Å². The van der Waals surface area contributed by atoms with Gasteiger partial charge in [-0.25, -0.2) is 4.39 Å². The van der Waals surface area contributed by atoms with Crippen LogP contribution >= 0.6 is 0 Å². The Kier molecular flexibility index (Phi) is 5.49. The molecule has 1 aliphatic carbocycles. The Balaban J connectivity index is 1.74. The molecule has 26 heavy (non-hydrogen) atoms. The third kappa shape index (κ3) is 3.69. The molecule has 1 saturated carbocycles. The number of hydrogen-bond donors (Lipinski definition) is 1. The molecule has 3 rings (SSSR count). The average molecular weight is 361 g/mol. The number of nitrogens with one attached hydrogen (secondary N) is 1. The van der Waals surface area contributed by atoms with Crippen molar-refractivity contribution in [3.8, 4) is 0 Å². The predicted octanol–water partition coefficient (Wildman–Crippen LogP) is 2.56.